The molecule has 21 heavy (non-hydrogen) atoms. The third-order valence-corrected chi connectivity index (χ3v) is 2.92. The zero-order valence-electron chi connectivity index (χ0n) is 11.6. The van der Waals surface area contributed by atoms with E-state index in [0.29, 0.717) is 13.0 Å². The topological polar surface area (TPSA) is 21.3 Å². The highest BCUT2D eigenvalue weighted by Crippen LogP contribution is 2.23. The van der Waals surface area contributed by atoms with E-state index in [-0.39, 0.29) is 18.2 Å². The maximum absolute atomic E-state index is 12.1. The molecular weight excluding hydrogens is 293 g/mol. The molecule has 0 spiro atoms. The Morgan fingerprint density at radius 1 is 1.19 bits per heavy atom. The number of benzene rings is 1. The first-order valence-electron chi connectivity index (χ1n) is 6.63. The van der Waals surface area contributed by atoms with Crippen LogP contribution in [0.15, 0.2) is 24.3 Å². The number of hydrogen-bond donors (Lipinski definition) is 1. The second-order valence-electron chi connectivity index (χ2n) is 4.70. The van der Waals surface area contributed by atoms with Crippen LogP contribution in [-0.2, 0) is 0 Å². The third-order valence-electron chi connectivity index (χ3n) is 2.92. The molecule has 1 atom stereocenters. The van der Waals surface area contributed by atoms with Gasteiger partial charge in [-0.2, -0.15) is 22.0 Å². The highest BCUT2D eigenvalue weighted by Gasteiger charge is 2.25. The Kier molecular flexibility index (Phi) is 6.87. The summed E-state index contributed by atoms with van der Waals surface area (Å²) in [4.78, 5) is 0. The van der Waals surface area contributed by atoms with E-state index in [4.69, 9.17) is 0 Å². The zero-order chi connectivity index (χ0) is 15.9. The normalized spacial score (nSPS) is 13.5. The Bertz CT molecular complexity index is 422. The van der Waals surface area contributed by atoms with Crippen molar-refractivity contribution in [3.05, 3.63) is 29.8 Å². The van der Waals surface area contributed by atoms with Crippen LogP contribution in [0.25, 0.3) is 0 Å². The van der Waals surface area contributed by atoms with Gasteiger partial charge in [0.2, 0.25) is 0 Å². The Labute approximate surface area is 120 Å². The predicted molar refractivity (Wildman–Crippen MR) is 69.4 cm³/mol. The number of halogens is 5. The van der Waals surface area contributed by atoms with Crippen molar-refractivity contribution in [2.75, 3.05) is 6.54 Å². The molecule has 7 heteroatoms. The summed E-state index contributed by atoms with van der Waals surface area (Å²) in [5, 5.41) is 3.06. The van der Waals surface area contributed by atoms with E-state index in [1.54, 1.807) is 12.1 Å². The van der Waals surface area contributed by atoms with E-state index in [2.05, 4.69) is 10.1 Å². The summed E-state index contributed by atoms with van der Waals surface area (Å²) >= 11 is 0. The molecule has 0 fully saturated rings. The molecule has 0 bridgehead atoms. The number of unbranched alkanes of at least 4 members (excludes halogenated alkanes) is 1. The maximum atomic E-state index is 12.1. The second-order valence-corrected chi connectivity index (χ2v) is 4.70. The first kappa shape index (κ1) is 17.7. The third kappa shape index (κ3) is 7.84. The van der Waals surface area contributed by atoms with Gasteiger partial charge in [0.1, 0.15) is 5.75 Å². The Morgan fingerprint density at radius 2 is 1.90 bits per heavy atom. The lowest BCUT2D eigenvalue weighted by Gasteiger charge is -2.15. The van der Waals surface area contributed by atoms with E-state index >= 15 is 0 Å². The fourth-order valence-electron chi connectivity index (χ4n) is 1.85. The average molecular weight is 311 g/mol. The molecule has 1 rings (SSSR count). The largest absolute Gasteiger partial charge is 0.435 e. The minimum atomic E-state index is -4.12. The van der Waals surface area contributed by atoms with Crippen LogP contribution in [0.1, 0.15) is 37.8 Å². The van der Waals surface area contributed by atoms with Gasteiger partial charge in [-0.05, 0) is 44.0 Å². The van der Waals surface area contributed by atoms with Crippen LogP contribution < -0.4 is 10.1 Å². The summed E-state index contributed by atoms with van der Waals surface area (Å²) in [5.41, 5.74) is 0.740. The lowest BCUT2D eigenvalue weighted by molar-refractivity contribution is -0.135. The molecule has 0 amide bonds. The quantitative estimate of drug-likeness (QED) is 0.556. The summed E-state index contributed by atoms with van der Waals surface area (Å²) < 4.78 is 64.4. The molecule has 1 aromatic rings. The molecule has 120 valence electrons. The molecule has 1 N–H and O–H groups in total. The summed E-state index contributed by atoms with van der Waals surface area (Å²) in [7, 11) is 0. The van der Waals surface area contributed by atoms with Crippen LogP contribution in [0.2, 0.25) is 0 Å². The first-order valence-corrected chi connectivity index (χ1v) is 6.63. The lowest BCUT2D eigenvalue weighted by atomic mass is 10.1. The molecular formula is C14H18F5NO. The van der Waals surface area contributed by atoms with Crippen LogP contribution >= 0.6 is 0 Å². The van der Waals surface area contributed by atoms with Crippen molar-refractivity contribution in [2.45, 2.75) is 45.0 Å². The second kappa shape index (κ2) is 8.17. The van der Waals surface area contributed by atoms with Crippen molar-refractivity contribution < 1.29 is 26.7 Å². The SMILES string of the molecule is CC(NCCCCC(F)(F)F)c1cccc(OC(F)F)c1. The highest BCUT2D eigenvalue weighted by atomic mass is 19.4. The number of nitrogens with one attached hydrogen (secondary N) is 1. The molecule has 2 nitrogen and oxygen atoms in total. The van der Waals surface area contributed by atoms with Gasteiger partial charge in [-0.3, -0.25) is 0 Å². The van der Waals surface area contributed by atoms with Crippen molar-refractivity contribution in [2.24, 2.45) is 0 Å². The Hall–Kier alpha value is -1.37. The van der Waals surface area contributed by atoms with Gasteiger partial charge in [0.05, 0.1) is 0 Å². The van der Waals surface area contributed by atoms with Gasteiger partial charge in [-0.15, -0.1) is 0 Å². The number of ether oxygens (including phenoxy) is 1. The molecule has 0 radical (unpaired) electrons. The van der Waals surface area contributed by atoms with Crippen molar-refractivity contribution in [3.63, 3.8) is 0 Å². The summed E-state index contributed by atoms with van der Waals surface area (Å²) in [6.07, 6.45) is -4.44. The monoisotopic (exact) mass is 311 g/mol. The van der Waals surface area contributed by atoms with Crippen LogP contribution in [-0.4, -0.2) is 19.3 Å². The van der Waals surface area contributed by atoms with Crippen molar-refractivity contribution in [3.8, 4) is 5.75 Å². The fraction of sp³-hybridized carbons (Fsp3) is 0.571. The first-order chi connectivity index (χ1) is 9.78. The van der Waals surface area contributed by atoms with E-state index in [1.165, 1.54) is 12.1 Å². The number of alkyl halides is 5. The summed E-state index contributed by atoms with van der Waals surface area (Å²) in [6, 6.07) is 6.09. The Balaban J connectivity index is 2.36. The van der Waals surface area contributed by atoms with Crippen LogP contribution in [0, 0.1) is 0 Å². The standard InChI is InChI=1S/C14H18F5NO/c1-10(20-8-3-2-7-14(17,18)19)11-5-4-6-12(9-11)21-13(15)16/h4-6,9-10,13,20H,2-3,7-8H2,1H3. The molecule has 1 aromatic carbocycles. The smallest absolute Gasteiger partial charge is 0.389 e. The lowest BCUT2D eigenvalue weighted by Crippen LogP contribution is -2.20. The van der Waals surface area contributed by atoms with Gasteiger partial charge in [0, 0.05) is 12.5 Å². The van der Waals surface area contributed by atoms with Crippen molar-refractivity contribution in [1.82, 2.24) is 5.32 Å². The predicted octanol–water partition coefficient (Wildman–Crippen LogP) is 4.67. The molecule has 0 saturated carbocycles. The van der Waals surface area contributed by atoms with Crippen molar-refractivity contribution >= 4 is 0 Å². The molecule has 0 aromatic heterocycles. The average Bonchev–Trinajstić information content (AvgIpc) is 2.36. The van der Waals surface area contributed by atoms with Gasteiger partial charge < -0.3 is 10.1 Å². The molecule has 0 saturated heterocycles. The highest BCUT2D eigenvalue weighted by molar-refractivity contribution is 5.30. The molecule has 0 heterocycles. The minimum absolute atomic E-state index is 0.0632. The zero-order valence-corrected chi connectivity index (χ0v) is 11.6. The fourth-order valence-corrected chi connectivity index (χ4v) is 1.85. The molecule has 1 unspecified atom stereocenters. The van der Waals surface area contributed by atoms with Crippen LogP contribution in [0.4, 0.5) is 22.0 Å². The summed E-state index contributed by atoms with van der Waals surface area (Å²) in [5.74, 6) is 0.0632. The van der Waals surface area contributed by atoms with Crippen LogP contribution in [0.5, 0.6) is 5.75 Å². The minimum Gasteiger partial charge on any atom is -0.435 e. The van der Waals surface area contributed by atoms with E-state index in [1.807, 2.05) is 6.92 Å². The van der Waals surface area contributed by atoms with E-state index in [9.17, 15) is 22.0 Å². The maximum Gasteiger partial charge on any atom is 0.389 e. The van der Waals surface area contributed by atoms with Gasteiger partial charge in [0.25, 0.3) is 0 Å². The van der Waals surface area contributed by atoms with Crippen molar-refractivity contribution in [1.29, 1.82) is 0 Å². The summed E-state index contributed by atoms with van der Waals surface area (Å²) in [6.45, 7) is -0.645. The number of rotatable bonds is 8. The van der Waals surface area contributed by atoms with E-state index in [0.717, 1.165) is 5.56 Å². The molecule has 0 aliphatic rings. The van der Waals surface area contributed by atoms with E-state index < -0.39 is 19.2 Å². The molecule has 0 aliphatic heterocycles. The van der Waals surface area contributed by atoms with Gasteiger partial charge >= 0.3 is 12.8 Å². The molecule has 0 aliphatic carbocycles. The van der Waals surface area contributed by atoms with Crippen LogP contribution in [0.3, 0.4) is 0 Å². The Morgan fingerprint density at radius 3 is 2.52 bits per heavy atom. The number of hydrogen-bond acceptors (Lipinski definition) is 2. The van der Waals surface area contributed by atoms with Gasteiger partial charge in [0.15, 0.2) is 0 Å². The van der Waals surface area contributed by atoms with Gasteiger partial charge in [-0.25, -0.2) is 0 Å². The van der Waals surface area contributed by atoms with Gasteiger partial charge in [-0.1, -0.05) is 12.1 Å².